The average Bonchev–Trinajstić information content (AvgIpc) is 3.10. The first-order chi connectivity index (χ1) is 14.9. The zero-order chi connectivity index (χ0) is 22.0. The number of nitrogens with one attached hydrogen (secondary N) is 1. The smallest absolute Gasteiger partial charge is 0.273 e. The number of halogens is 2. The molecule has 158 valence electrons. The lowest BCUT2D eigenvalue weighted by atomic mass is 10.1. The number of para-hydroxylation sites is 1. The second kappa shape index (κ2) is 8.99. The van der Waals surface area contributed by atoms with E-state index in [0.717, 1.165) is 11.1 Å². The third-order valence-corrected chi connectivity index (χ3v) is 6.14. The summed E-state index contributed by atoms with van der Waals surface area (Å²) in [6.07, 6.45) is 0. The number of thioether (sulfide) groups is 1. The molecule has 0 aromatic heterocycles. The molecule has 1 unspecified atom stereocenters. The van der Waals surface area contributed by atoms with Crippen LogP contribution in [0.4, 0.5) is 4.39 Å². The van der Waals surface area contributed by atoms with Crippen LogP contribution in [0.15, 0.2) is 66.7 Å². The number of hydrazine groups is 1. The summed E-state index contributed by atoms with van der Waals surface area (Å²) in [5, 5.41) is 1.30. The summed E-state index contributed by atoms with van der Waals surface area (Å²) < 4.78 is 19.7. The van der Waals surface area contributed by atoms with Gasteiger partial charge in [-0.3, -0.25) is 15.0 Å². The minimum Gasteiger partial charge on any atom is -0.453 e. The van der Waals surface area contributed by atoms with Crippen molar-refractivity contribution in [3.8, 4) is 11.5 Å². The second-order valence-corrected chi connectivity index (χ2v) is 8.46. The maximum absolute atomic E-state index is 14.0. The highest BCUT2D eigenvalue weighted by Crippen LogP contribution is 2.38. The molecule has 0 bridgehead atoms. The molecular weight excluding hydrogens is 439 g/mol. The van der Waals surface area contributed by atoms with Gasteiger partial charge >= 0.3 is 0 Å². The summed E-state index contributed by atoms with van der Waals surface area (Å²) in [6, 6.07) is 18.1. The van der Waals surface area contributed by atoms with Crippen LogP contribution in [-0.2, 0) is 4.79 Å². The molecule has 0 aliphatic carbocycles. The van der Waals surface area contributed by atoms with E-state index in [2.05, 4.69) is 5.43 Å². The zero-order valence-corrected chi connectivity index (χ0v) is 18.0. The molecule has 0 saturated carbocycles. The van der Waals surface area contributed by atoms with Crippen LogP contribution in [0.5, 0.6) is 11.5 Å². The third-order valence-electron chi connectivity index (χ3n) is 4.70. The largest absolute Gasteiger partial charge is 0.453 e. The highest BCUT2D eigenvalue weighted by atomic mass is 35.5. The Labute approximate surface area is 188 Å². The number of carbonyl (C=O) groups excluding carboxylic acids is 2. The standard InChI is InChI=1S/C23H18ClFN2O3S/c1-14-6-8-15(9-7-14)23-27(21(28)13-31-23)26-22(29)17-11-10-16(24)12-20(17)30-19-5-3-2-4-18(19)25/h2-12,23H,13H2,1H3,(H,26,29). The summed E-state index contributed by atoms with van der Waals surface area (Å²) in [5.41, 5.74) is 4.81. The van der Waals surface area contributed by atoms with Crippen LogP contribution in [0.25, 0.3) is 0 Å². The molecule has 1 fully saturated rings. The van der Waals surface area contributed by atoms with Crippen LogP contribution in [0, 0.1) is 12.7 Å². The molecule has 1 heterocycles. The molecule has 1 aliphatic heterocycles. The molecule has 1 aliphatic rings. The predicted octanol–water partition coefficient (Wildman–Crippen LogP) is 5.50. The molecule has 0 radical (unpaired) electrons. The van der Waals surface area contributed by atoms with E-state index in [-0.39, 0.29) is 34.1 Å². The van der Waals surface area contributed by atoms with Crippen molar-refractivity contribution >= 4 is 35.2 Å². The highest BCUT2D eigenvalue weighted by molar-refractivity contribution is 8.00. The zero-order valence-electron chi connectivity index (χ0n) is 16.5. The Morgan fingerprint density at radius 2 is 1.87 bits per heavy atom. The van der Waals surface area contributed by atoms with Gasteiger partial charge in [-0.2, -0.15) is 0 Å². The number of nitrogens with zero attached hydrogens (tertiary/aromatic N) is 1. The maximum Gasteiger partial charge on any atom is 0.273 e. The van der Waals surface area contributed by atoms with Gasteiger partial charge in [-0.1, -0.05) is 53.6 Å². The lowest BCUT2D eigenvalue weighted by Crippen LogP contribution is -2.44. The Hall–Kier alpha value is -3.03. The maximum atomic E-state index is 14.0. The van der Waals surface area contributed by atoms with Gasteiger partial charge < -0.3 is 4.74 Å². The summed E-state index contributed by atoms with van der Waals surface area (Å²) in [5.74, 6) is -1.05. The van der Waals surface area contributed by atoms with Crippen LogP contribution in [0.3, 0.4) is 0 Å². The Balaban J connectivity index is 1.60. The van der Waals surface area contributed by atoms with Gasteiger partial charge in [0.15, 0.2) is 11.6 Å². The van der Waals surface area contributed by atoms with E-state index in [1.165, 1.54) is 53.2 Å². The van der Waals surface area contributed by atoms with Crippen molar-refractivity contribution in [1.29, 1.82) is 0 Å². The van der Waals surface area contributed by atoms with E-state index >= 15 is 0 Å². The molecule has 4 rings (SSSR count). The Morgan fingerprint density at radius 3 is 2.61 bits per heavy atom. The minimum absolute atomic E-state index is 0.0378. The van der Waals surface area contributed by atoms with E-state index < -0.39 is 11.7 Å². The van der Waals surface area contributed by atoms with E-state index in [1.807, 2.05) is 31.2 Å². The van der Waals surface area contributed by atoms with E-state index in [4.69, 9.17) is 16.3 Å². The molecule has 31 heavy (non-hydrogen) atoms. The molecule has 1 atom stereocenters. The number of ether oxygens (including phenoxy) is 1. The Bertz CT molecular complexity index is 1140. The van der Waals surface area contributed by atoms with Crippen LogP contribution in [0.1, 0.15) is 26.9 Å². The number of amides is 2. The number of rotatable bonds is 5. The van der Waals surface area contributed by atoms with E-state index in [1.54, 1.807) is 6.07 Å². The fourth-order valence-corrected chi connectivity index (χ4v) is 4.38. The average molecular weight is 457 g/mol. The lowest BCUT2D eigenvalue weighted by Gasteiger charge is -2.25. The number of aryl methyl sites for hydroxylation is 1. The van der Waals surface area contributed by atoms with Crippen molar-refractivity contribution in [2.75, 3.05) is 5.75 Å². The summed E-state index contributed by atoms with van der Waals surface area (Å²) in [6.45, 7) is 1.98. The van der Waals surface area contributed by atoms with Gasteiger partial charge in [0, 0.05) is 11.1 Å². The lowest BCUT2D eigenvalue weighted by molar-refractivity contribution is -0.130. The number of benzene rings is 3. The fourth-order valence-electron chi connectivity index (χ4n) is 3.11. The van der Waals surface area contributed by atoms with E-state index in [9.17, 15) is 14.0 Å². The third kappa shape index (κ3) is 4.68. The first kappa shape index (κ1) is 21.2. The topological polar surface area (TPSA) is 58.6 Å². The monoisotopic (exact) mass is 456 g/mol. The summed E-state index contributed by atoms with van der Waals surface area (Å²) >= 11 is 7.49. The molecular formula is C23H18ClFN2O3S. The number of hydrogen-bond donors (Lipinski definition) is 1. The van der Waals surface area contributed by atoms with Crippen LogP contribution in [-0.4, -0.2) is 22.6 Å². The predicted molar refractivity (Wildman–Crippen MR) is 119 cm³/mol. The number of hydrogen-bond acceptors (Lipinski definition) is 4. The van der Waals surface area contributed by atoms with Crippen LogP contribution >= 0.6 is 23.4 Å². The molecule has 0 spiro atoms. The molecule has 5 nitrogen and oxygen atoms in total. The van der Waals surface area contributed by atoms with Gasteiger partial charge in [0.25, 0.3) is 11.8 Å². The van der Waals surface area contributed by atoms with Crippen molar-refractivity contribution in [3.63, 3.8) is 0 Å². The Morgan fingerprint density at radius 1 is 1.13 bits per heavy atom. The summed E-state index contributed by atoms with van der Waals surface area (Å²) in [4.78, 5) is 25.5. The Kier molecular flexibility index (Phi) is 6.15. The molecule has 3 aromatic rings. The minimum atomic E-state index is -0.570. The van der Waals surface area contributed by atoms with Crippen molar-refractivity contribution in [2.45, 2.75) is 12.3 Å². The van der Waals surface area contributed by atoms with Gasteiger partial charge in [0.05, 0.1) is 11.3 Å². The van der Waals surface area contributed by atoms with Gasteiger partial charge in [-0.15, -0.1) is 11.8 Å². The molecule has 8 heteroatoms. The highest BCUT2D eigenvalue weighted by Gasteiger charge is 2.35. The molecule has 2 amide bonds. The van der Waals surface area contributed by atoms with E-state index in [0.29, 0.717) is 5.02 Å². The van der Waals surface area contributed by atoms with Crippen molar-refractivity contribution in [1.82, 2.24) is 10.4 Å². The molecule has 1 saturated heterocycles. The second-order valence-electron chi connectivity index (χ2n) is 6.95. The summed E-state index contributed by atoms with van der Waals surface area (Å²) in [7, 11) is 0. The van der Waals surface area contributed by atoms with Gasteiger partial charge in [-0.25, -0.2) is 9.40 Å². The van der Waals surface area contributed by atoms with Crippen molar-refractivity contribution in [2.24, 2.45) is 0 Å². The SMILES string of the molecule is Cc1ccc(C2SCC(=O)N2NC(=O)c2ccc(Cl)cc2Oc2ccccc2F)cc1. The van der Waals surface area contributed by atoms with Crippen molar-refractivity contribution in [3.05, 3.63) is 94.3 Å². The quantitative estimate of drug-likeness (QED) is 0.550. The van der Waals surface area contributed by atoms with Gasteiger partial charge in [0.2, 0.25) is 0 Å². The molecule has 1 N–H and O–H groups in total. The fraction of sp³-hybridized carbons (Fsp3) is 0.130. The van der Waals surface area contributed by atoms with Crippen LogP contribution < -0.4 is 10.2 Å². The first-order valence-electron chi connectivity index (χ1n) is 9.45. The van der Waals surface area contributed by atoms with Gasteiger partial charge in [0.1, 0.15) is 11.1 Å². The first-order valence-corrected chi connectivity index (χ1v) is 10.9. The van der Waals surface area contributed by atoms with Crippen molar-refractivity contribution < 1.29 is 18.7 Å². The number of carbonyl (C=O) groups is 2. The molecule has 3 aromatic carbocycles. The van der Waals surface area contributed by atoms with Crippen LogP contribution in [0.2, 0.25) is 5.02 Å². The van der Waals surface area contributed by atoms with Gasteiger partial charge in [-0.05, 0) is 36.8 Å². The normalized spacial score (nSPS) is 15.8.